The van der Waals surface area contributed by atoms with E-state index in [1.54, 1.807) is 24.3 Å². The fraction of sp³-hybridized carbons (Fsp3) is 0.278. The summed E-state index contributed by atoms with van der Waals surface area (Å²) in [4.78, 5) is 22.8. The molecular formula is C18H19Cl2N3O4. The number of nitrogens with zero attached hydrogens (tertiary/aromatic N) is 1. The summed E-state index contributed by atoms with van der Waals surface area (Å²) in [6.07, 6.45) is 2.00. The number of nitro benzene ring substituents is 1. The van der Waals surface area contributed by atoms with Crippen LogP contribution in [0.3, 0.4) is 0 Å². The first-order chi connectivity index (χ1) is 12.5. The molecular weight excluding hydrogens is 393 g/mol. The molecule has 0 aliphatic carbocycles. The van der Waals surface area contributed by atoms with Gasteiger partial charge in [-0.25, -0.2) is 0 Å². The van der Waals surface area contributed by atoms with Crippen molar-refractivity contribution < 1.29 is 14.5 Å². The monoisotopic (exact) mass is 411 g/mol. The molecule has 3 rings (SSSR count). The van der Waals surface area contributed by atoms with Crippen molar-refractivity contribution in [1.82, 2.24) is 10.6 Å². The fourth-order valence-electron chi connectivity index (χ4n) is 2.76. The maximum Gasteiger partial charge on any atom is 0.313 e. The normalized spacial score (nSPS) is 16.1. The third-order valence-electron chi connectivity index (χ3n) is 4.09. The topological polar surface area (TPSA) is 93.5 Å². The number of carbonyl (C=O) groups excluding carboxylic acids is 1. The van der Waals surface area contributed by atoms with Gasteiger partial charge in [-0.2, -0.15) is 0 Å². The van der Waals surface area contributed by atoms with E-state index in [1.807, 2.05) is 0 Å². The van der Waals surface area contributed by atoms with E-state index in [2.05, 4.69) is 10.6 Å². The Morgan fingerprint density at radius 3 is 2.63 bits per heavy atom. The zero-order valence-electron chi connectivity index (χ0n) is 14.3. The highest BCUT2D eigenvalue weighted by Crippen LogP contribution is 2.33. The number of ether oxygens (including phenoxy) is 1. The molecule has 9 heteroatoms. The van der Waals surface area contributed by atoms with Gasteiger partial charge in [-0.05, 0) is 55.8 Å². The third-order valence-corrected chi connectivity index (χ3v) is 4.33. The Kier molecular flexibility index (Phi) is 7.41. The third kappa shape index (κ3) is 5.56. The molecule has 1 fully saturated rings. The predicted molar refractivity (Wildman–Crippen MR) is 105 cm³/mol. The van der Waals surface area contributed by atoms with Crippen LogP contribution in [0.25, 0.3) is 0 Å². The summed E-state index contributed by atoms with van der Waals surface area (Å²) in [5, 5.41) is 17.6. The minimum absolute atomic E-state index is 0. The summed E-state index contributed by atoms with van der Waals surface area (Å²) in [5.74, 6) is 0.332. The Hall–Kier alpha value is -2.35. The molecule has 2 aromatic rings. The van der Waals surface area contributed by atoms with Gasteiger partial charge in [0.15, 0.2) is 0 Å². The number of rotatable bonds is 5. The van der Waals surface area contributed by atoms with E-state index in [4.69, 9.17) is 16.3 Å². The van der Waals surface area contributed by atoms with Crippen molar-refractivity contribution in [2.45, 2.75) is 18.9 Å². The van der Waals surface area contributed by atoms with Gasteiger partial charge < -0.3 is 15.4 Å². The second kappa shape index (κ2) is 9.55. The lowest BCUT2D eigenvalue weighted by Gasteiger charge is -2.23. The zero-order valence-corrected chi connectivity index (χ0v) is 15.9. The van der Waals surface area contributed by atoms with Crippen LogP contribution in [-0.2, 0) is 0 Å². The van der Waals surface area contributed by atoms with Crippen molar-refractivity contribution in [2.75, 3.05) is 13.1 Å². The number of benzene rings is 2. The lowest BCUT2D eigenvalue weighted by Crippen LogP contribution is -2.45. The van der Waals surface area contributed by atoms with Gasteiger partial charge in [0.05, 0.1) is 4.92 Å². The standard InChI is InChI=1S/C18H18ClN3O4.ClH/c19-13-5-8-17(16(10-13)22(24)25)26-15-6-3-12(4-7-15)18(23)21-14-2-1-9-20-11-14;/h3-8,10,14,20H,1-2,9,11H2,(H,21,23);1H. The molecule has 1 atom stereocenters. The van der Waals surface area contributed by atoms with E-state index in [1.165, 1.54) is 18.2 Å². The summed E-state index contributed by atoms with van der Waals surface area (Å²) in [7, 11) is 0. The minimum Gasteiger partial charge on any atom is -0.450 e. The van der Waals surface area contributed by atoms with Crippen molar-refractivity contribution in [3.05, 3.63) is 63.2 Å². The quantitative estimate of drug-likeness (QED) is 0.573. The van der Waals surface area contributed by atoms with Crippen LogP contribution in [0.2, 0.25) is 5.02 Å². The van der Waals surface area contributed by atoms with Gasteiger partial charge in [-0.3, -0.25) is 14.9 Å². The molecule has 0 aromatic heterocycles. The van der Waals surface area contributed by atoms with Crippen molar-refractivity contribution in [1.29, 1.82) is 0 Å². The first-order valence-corrected chi connectivity index (χ1v) is 8.64. The Balaban J connectivity index is 0.00000261. The summed E-state index contributed by atoms with van der Waals surface area (Å²) >= 11 is 5.79. The van der Waals surface area contributed by atoms with Crippen molar-refractivity contribution in [3.63, 3.8) is 0 Å². The van der Waals surface area contributed by atoms with Gasteiger partial charge in [-0.15, -0.1) is 12.4 Å². The van der Waals surface area contributed by atoms with E-state index in [9.17, 15) is 14.9 Å². The molecule has 0 radical (unpaired) electrons. The van der Waals surface area contributed by atoms with Crippen molar-refractivity contribution in [3.8, 4) is 11.5 Å². The van der Waals surface area contributed by atoms with Gasteiger partial charge in [-0.1, -0.05) is 11.6 Å². The molecule has 2 N–H and O–H groups in total. The molecule has 1 amide bonds. The Bertz CT molecular complexity index is 809. The highest BCUT2D eigenvalue weighted by molar-refractivity contribution is 6.30. The van der Waals surface area contributed by atoms with E-state index in [-0.39, 0.29) is 40.8 Å². The number of nitrogens with one attached hydrogen (secondary N) is 2. The molecule has 1 aliphatic heterocycles. The molecule has 0 bridgehead atoms. The smallest absolute Gasteiger partial charge is 0.313 e. The number of hydrogen-bond acceptors (Lipinski definition) is 5. The number of hydrogen-bond donors (Lipinski definition) is 2. The Morgan fingerprint density at radius 2 is 2.00 bits per heavy atom. The Morgan fingerprint density at radius 1 is 1.26 bits per heavy atom. The lowest BCUT2D eigenvalue weighted by atomic mass is 10.1. The van der Waals surface area contributed by atoms with Crippen LogP contribution in [0.1, 0.15) is 23.2 Å². The van der Waals surface area contributed by atoms with Gasteiger partial charge in [0, 0.05) is 29.2 Å². The number of nitro groups is 1. The van der Waals surface area contributed by atoms with Crippen molar-refractivity contribution in [2.24, 2.45) is 0 Å². The maximum atomic E-state index is 12.3. The zero-order chi connectivity index (χ0) is 18.5. The average molecular weight is 412 g/mol. The number of carbonyl (C=O) groups is 1. The number of piperidine rings is 1. The van der Waals surface area contributed by atoms with Crippen LogP contribution in [0, 0.1) is 10.1 Å². The van der Waals surface area contributed by atoms with Crippen LogP contribution in [0.4, 0.5) is 5.69 Å². The van der Waals surface area contributed by atoms with Crippen LogP contribution < -0.4 is 15.4 Å². The molecule has 1 heterocycles. The second-order valence-corrected chi connectivity index (χ2v) is 6.45. The van der Waals surface area contributed by atoms with Gasteiger partial charge in [0.25, 0.3) is 5.91 Å². The SMILES string of the molecule is Cl.O=C(NC1CCCNC1)c1ccc(Oc2ccc(Cl)cc2[N+](=O)[O-])cc1. The van der Waals surface area contributed by atoms with Crippen LogP contribution in [0.15, 0.2) is 42.5 Å². The summed E-state index contributed by atoms with van der Waals surface area (Å²) in [6.45, 7) is 1.75. The summed E-state index contributed by atoms with van der Waals surface area (Å²) in [5.41, 5.74) is 0.289. The van der Waals surface area contributed by atoms with Gasteiger partial charge in [0.2, 0.25) is 5.75 Å². The van der Waals surface area contributed by atoms with E-state index in [0.717, 1.165) is 25.9 Å². The van der Waals surface area contributed by atoms with Crippen LogP contribution in [-0.4, -0.2) is 30.0 Å². The molecule has 1 unspecified atom stereocenters. The molecule has 7 nitrogen and oxygen atoms in total. The number of amides is 1. The molecule has 144 valence electrons. The summed E-state index contributed by atoms with van der Waals surface area (Å²) < 4.78 is 5.57. The second-order valence-electron chi connectivity index (χ2n) is 6.01. The first kappa shape index (κ1) is 21.0. The van der Waals surface area contributed by atoms with Crippen LogP contribution >= 0.6 is 24.0 Å². The number of halogens is 2. The Labute approximate surface area is 167 Å². The van der Waals surface area contributed by atoms with Crippen molar-refractivity contribution >= 4 is 35.6 Å². The molecule has 2 aromatic carbocycles. The molecule has 0 saturated carbocycles. The first-order valence-electron chi connectivity index (χ1n) is 8.26. The molecule has 1 aliphatic rings. The van der Waals surface area contributed by atoms with E-state index < -0.39 is 4.92 Å². The highest BCUT2D eigenvalue weighted by atomic mass is 35.5. The maximum absolute atomic E-state index is 12.3. The molecule has 27 heavy (non-hydrogen) atoms. The molecule has 1 saturated heterocycles. The lowest BCUT2D eigenvalue weighted by molar-refractivity contribution is -0.385. The largest absolute Gasteiger partial charge is 0.450 e. The van der Waals surface area contributed by atoms with E-state index >= 15 is 0 Å². The van der Waals surface area contributed by atoms with Crippen LogP contribution in [0.5, 0.6) is 11.5 Å². The van der Waals surface area contributed by atoms with Gasteiger partial charge >= 0.3 is 5.69 Å². The fourth-order valence-corrected chi connectivity index (χ4v) is 2.93. The minimum atomic E-state index is -0.554. The molecule has 0 spiro atoms. The average Bonchev–Trinajstić information content (AvgIpc) is 2.64. The predicted octanol–water partition coefficient (Wildman–Crippen LogP) is 3.94. The summed E-state index contributed by atoms with van der Waals surface area (Å²) in [6, 6.07) is 10.8. The van der Waals surface area contributed by atoms with Gasteiger partial charge in [0.1, 0.15) is 5.75 Å². The highest BCUT2D eigenvalue weighted by Gasteiger charge is 2.18. The van der Waals surface area contributed by atoms with E-state index in [0.29, 0.717) is 11.3 Å².